The van der Waals surface area contributed by atoms with Crippen LogP contribution in [-0.2, 0) is 31.3 Å². The molecule has 0 spiro atoms. The first-order chi connectivity index (χ1) is 14.5. The van der Waals surface area contributed by atoms with Gasteiger partial charge in [-0.25, -0.2) is 16.8 Å². The highest BCUT2D eigenvalue weighted by Gasteiger charge is 2.21. The van der Waals surface area contributed by atoms with E-state index in [2.05, 4.69) is 10.0 Å². The molecule has 0 saturated carbocycles. The van der Waals surface area contributed by atoms with E-state index in [9.17, 15) is 21.6 Å². The minimum Gasteiger partial charge on any atom is -0.326 e. The molecule has 0 fully saturated rings. The highest BCUT2D eigenvalue weighted by molar-refractivity contribution is 7.92. The van der Waals surface area contributed by atoms with Crippen LogP contribution in [0, 0.1) is 6.92 Å². The van der Waals surface area contributed by atoms with E-state index in [0.717, 1.165) is 17.4 Å². The zero-order chi connectivity index (χ0) is 23.2. The Morgan fingerprint density at radius 3 is 2.13 bits per heavy atom. The van der Waals surface area contributed by atoms with E-state index in [1.807, 2.05) is 0 Å². The maximum atomic E-state index is 12.5. The van der Waals surface area contributed by atoms with E-state index in [0.29, 0.717) is 30.9 Å². The molecule has 0 aromatic heterocycles. The van der Waals surface area contributed by atoms with Crippen LogP contribution >= 0.6 is 0 Å². The Bertz CT molecular complexity index is 1120. The van der Waals surface area contributed by atoms with Gasteiger partial charge in [-0.15, -0.1) is 0 Å². The monoisotopic (exact) mass is 467 g/mol. The van der Waals surface area contributed by atoms with Crippen molar-refractivity contribution < 1.29 is 21.6 Å². The van der Waals surface area contributed by atoms with E-state index in [4.69, 9.17) is 0 Å². The Balaban J connectivity index is 2.00. The molecular weight excluding hydrogens is 438 g/mol. The Morgan fingerprint density at radius 1 is 0.968 bits per heavy atom. The largest absolute Gasteiger partial charge is 0.326 e. The number of aryl methyl sites for hydroxylation is 2. The summed E-state index contributed by atoms with van der Waals surface area (Å²) in [5.74, 6) is -0.228. The maximum Gasteiger partial charge on any atom is 0.243 e. The molecular formula is C21H29N3O5S2. The minimum atomic E-state index is -3.51. The number of amides is 1. The van der Waals surface area contributed by atoms with Gasteiger partial charge in [0.15, 0.2) is 0 Å². The number of rotatable bonds is 10. The smallest absolute Gasteiger partial charge is 0.243 e. The average molecular weight is 468 g/mol. The third-order valence-corrected chi connectivity index (χ3v) is 7.38. The van der Waals surface area contributed by atoms with Gasteiger partial charge in [-0.1, -0.05) is 32.0 Å². The molecule has 0 aliphatic rings. The van der Waals surface area contributed by atoms with E-state index >= 15 is 0 Å². The van der Waals surface area contributed by atoms with E-state index in [1.165, 1.54) is 4.31 Å². The van der Waals surface area contributed by atoms with Crippen LogP contribution in [-0.4, -0.2) is 46.4 Å². The van der Waals surface area contributed by atoms with Crippen molar-refractivity contribution in [2.24, 2.45) is 0 Å². The van der Waals surface area contributed by atoms with Crippen LogP contribution in [0.4, 0.5) is 11.4 Å². The zero-order valence-electron chi connectivity index (χ0n) is 18.2. The summed E-state index contributed by atoms with van der Waals surface area (Å²) in [7, 11) is -6.93. The summed E-state index contributed by atoms with van der Waals surface area (Å²) in [4.78, 5) is 12.5. The van der Waals surface area contributed by atoms with Crippen LogP contribution in [0.3, 0.4) is 0 Å². The fourth-order valence-electron chi connectivity index (χ4n) is 3.03. The van der Waals surface area contributed by atoms with Gasteiger partial charge in [-0.05, 0) is 48.7 Å². The van der Waals surface area contributed by atoms with Crippen molar-refractivity contribution in [1.29, 1.82) is 0 Å². The van der Waals surface area contributed by atoms with Crippen LogP contribution < -0.4 is 10.0 Å². The van der Waals surface area contributed by atoms with E-state index in [1.54, 1.807) is 63.2 Å². The number of carbonyl (C=O) groups excluding carboxylic acids is 1. The predicted octanol–water partition coefficient (Wildman–Crippen LogP) is 2.97. The van der Waals surface area contributed by atoms with Gasteiger partial charge in [0.05, 0.1) is 16.8 Å². The lowest BCUT2D eigenvalue weighted by Crippen LogP contribution is -2.30. The van der Waals surface area contributed by atoms with Gasteiger partial charge in [0, 0.05) is 25.2 Å². The summed E-state index contributed by atoms with van der Waals surface area (Å²) in [6.45, 7) is 6.16. The van der Waals surface area contributed by atoms with Gasteiger partial charge >= 0.3 is 0 Å². The lowest BCUT2D eigenvalue weighted by atomic mass is 10.1. The van der Waals surface area contributed by atoms with Crippen molar-refractivity contribution >= 4 is 37.3 Å². The van der Waals surface area contributed by atoms with Gasteiger partial charge in [-0.2, -0.15) is 4.31 Å². The maximum absolute atomic E-state index is 12.5. The number of hydrogen-bond acceptors (Lipinski definition) is 5. The van der Waals surface area contributed by atoms with Gasteiger partial charge in [-0.3, -0.25) is 9.52 Å². The van der Waals surface area contributed by atoms with Gasteiger partial charge in [0.2, 0.25) is 26.0 Å². The summed E-state index contributed by atoms with van der Waals surface area (Å²) in [5, 5.41) is 2.76. The first-order valence-corrected chi connectivity index (χ1v) is 13.3. The fourth-order valence-corrected chi connectivity index (χ4v) is 5.11. The number of nitrogens with one attached hydrogen (secondary N) is 2. The molecule has 2 rings (SSSR count). The van der Waals surface area contributed by atoms with Crippen molar-refractivity contribution in [2.75, 3.05) is 29.4 Å². The molecule has 1 amide bonds. The molecule has 0 saturated heterocycles. The third kappa shape index (κ3) is 7.05. The van der Waals surface area contributed by atoms with Crippen molar-refractivity contribution in [1.82, 2.24) is 4.31 Å². The second-order valence-electron chi connectivity index (χ2n) is 7.19. The summed E-state index contributed by atoms with van der Waals surface area (Å²) in [5.41, 5.74) is 2.48. The number of sulfonamides is 2. The molecule has 0 unspecified atom stereocenters. The molecule has 0 aliphatic carbocycles. The van der Waals surface area contributed by atoms with Crippen LogP contribution in [0.2, 0.25) is 0 Å². The van der Waals surface area contributed by atoms with Gasteiger partial charge in [0.1, 0.15) is 0 Å². The summed E-state index contributed by atoms with van der Waals surface area (Å²) < 4.78 is 51.8. The number of nitrogens with zero attached hydrogens (tertiary/aromatic N) is 1. The second-order valence-corrected chi connectivity index (χ2v) is 10.9. The quantitative estimate of drug-likeness (QED) is 0.558. The standard InChI is InChI=1S/C21H29N3O5S2/c1-5-24(6-2)31(28,29)19-12-8-17(9-13-19)10-14-21(25)22-18-11-7-16(3)20(15-18)23-30(4,26)27/h7-9,11-13,15,23H,5-6,10,14H2,1-4H3,(H,22,25). The van der Waals surface area contributed by atoms with E-state index < -0.39 is 20.0 Å². The molecule has 2 N–H and O–H groups in total. The highest BCUT2D eigenvalue weighted by atomic mass is 32.2. The molecule has 0 radical (unpaired) electrons. The summed E-state index contributed by atoms with van der Waals surface area (Å²) >= 11 is 0. The second kappa shape index (κ2) is 10.3. The summed E-state index contributed by atoms with van der Waals surface area (Å²) in [6.07, 6.45) is 1.71. The van der Waals surface area contributed by atoms with Crippen LogP contribution in [0.1, 0.15) is 31.4 Å². The Kier molecular flexibility index (Phi) is 8.21. The van der Waals surface area contributed by atoms with Gasteiger partial charge < -0.3 is 5.32 Å². The number of hydrogen-bond donors (Lipinski definition) is 2. The summed E-state index contributed by atoms with van der Waals surface area (Å²) in [6, 6.07) is 11.5. The van der Waals surface area contributed by atoms with Crippen molar-refractivity contribution in [2.45, 2.75) is 38.5 Å². The Labute approximate surface area is 184 Å². The molecule has 170 valence electrons. The predicted molar refractivity (Wildman–Crippen MR) is 123 cm³/mol. The molecule has 0 aliphatic heterocycles. The van der Waals surface area contributed by atoms with E-state index in [-0.39, 0.29) is 17.2 Å². The lowest BCUT2D eigenvalue weighted by molar-refractivity contribution is -0.116. The molecule has 0 heterocycles. The third-order valence-electron chi connectivity index (χ3n) is 4.72. The van der Waals surface area contributed by atoms with Gasteiger partial charge in [0.25, 0.3) is 0 Å². The molecule has 8 nitrogen and oxygen atoms in total. The Hall–Kier alpha value is -2.43. The molecule has 0 bridgehead atoms. The zero-order valence-corrected chi connectivity index (χ0v) is 19.8. The topological polar surface area (TPSA) is 113 Å². The van der Waals surface area contributed by atoms with Crippen LogP contribution in [0.25, 0.3) is 0 Å². The normalized spacial score (nSPS) is 12.0. The molecule has 2 aromatic carbocycles. The molecule has 10 heteroatoms. The first-order valence-electron chi connectivity index (χ1n) is 9.93. The van der Waals surface area contributed by atoms with Crippen molar-refractivity contribution in [3.05, 3.63) is 53.6 Å². The Morgan fingerprint density at radius 2 is 1.58 bits per heavy atom. The number of benzene rings is 2. The highest BCUT2D eigenvalue weighted by Crippen LogP contribution is 2.22. The van der Waals surface area contributed by atoms with Crippen molar-refractivity contribution in [3.8, 4) is 0 Å². The molecule has 0 atom stereocenters. The first kappa shape index (κ1) is 24.8. The average Bonchev–Trinajstić information content (AvgIpc) is 2.69. The van der Waals surface area contributed by atoms with Crippen molar-refractivity contribution in [3.63, 3.8) is 0 Å². The van der Waals surface area contributed by atoms with Crippen LogP contribution in [0.15, 0.2) is 47.4 Å². The van der Waals surface area contributed by atoms with Crippen LogP contribution in [0.5, 0.6) is 0 Å². The SMILES string of the molecule is CCN(CC)S(=O)(=O)c1ccc(CCC(=O)Nc2ccc(C)c(NS(C)(=O)=O)c2)cc1. The lowest BCUT2D eigenvalue weighted by Gasteiger charge is -2.18. The number of anilines is 2. The molecule has 31 heavy (non-hydrogen) atoms. The number of carbonyl (C=O) groups is 1. The fraction of sp³-hybridized carbons (Fsp3) is 0.381. The minimum absolute atomic E-state index is 0.199. The molecule has 2 aromatic rings.